The Hall–Kier alpha value is -2.35. The number of aryl methyl sites for hydroxylation is 1. The van der Waals surface area contributed by atoms with Crippen molar-refractivity contribution in [1.29, 1.82) is 0 Å². The maximum atomic E-state index is 3.90. The van der Waals surface area contributed by atoms with Crippen LogP contribution in [0.25, 0.3) is 22.4 Å². The Kier molecular flexibility index (Phi) is 3.38. The van der Waals surface area contributed by atoms with Crippen LogP contribution in [0.5, 0.6) is 0 Å². The van der Waals surface area contributed by atoms with Gasteiger partial charge in [0, 0.05) is 0 Å². The number of para-hydroxylation sites is 2. The van der Waals surface area contributed by atoms with Crippen molar-refractivity contribution < 1.29 is 4.57 Å². The molecule has 0 radical (unpaired) electrons. The van der Waals surface area contributed by atoms with E-state index in [1.807, 2.05) is 6.08 Å². The van der Waals surface area contributed by atoms with E-state index >= 15 is 0 Å². The van der Waals surface area contributed by atoms with Gasteiger partial charge < -0.3 is 0 Å². The van der Waals surface area contributed by atoms with Gasteiger partial charge in [-0.15, -0.1) is 0 Å². The Morgan fingerprint density at radius 3 is 2.45 bits per heavy atom. The molecule has 0 unspecified atom stereocenters. The summed E-state index contributed by atoms with van der Waals surface area (Å²) in [5, 5.41) is 0. The van der Waals surface area contributed by atoms with Gasteiger partial charge >= 0.3 is 0 Å². The molecule has 0 amide bonds. The van der Waals surface area contributed by atoms with Crippen LogP contribution in [0.3, 0.4) is 0 Å². The van der Waals surface area contributed by atoms with Gasteiger partial charge in [-0.3, -0.25) is 0 Å². The van der Waals surface area contributed by atoms with Crippen LogP contribution in [0, 0.1) is 0 Å². The van der Waals surface area contributed by atoms with Crippen molar-refractivity contribution in [3.63, 3.8) is 0 Å². The molecule has 20 heavy (non-hydrogen) atoms. The molecule has 0 aliphatic carbocycles. The van der Waals surface area contributed by atoms with Crippen molar-refractivity contribution in [3.05, 3.63) is 67.3 Å². The summed E-state index contributed by atoms with van der Waals surface area (Å²) in [7, 11) is 0. The minimum atomic E-state index is 0.817. The minimum absolute atomic E-state index is 0.817. The molecule has 0 saturated heterocycles. The molecule has 0 fully saturated rings. The smallest absolute Gasteiger partial charge is 0.223 e. The summed E-state index contributed by atoms with van der Waals surface area (Å²) in [4.78, 5) is 0. The first-order valence-corrected chi connectivity index (χ1v) is 7.04. The lowest BCUT2D eigenvalue weighted by Gasteiger charge is -2.02. The predicted octanol–water partition coefficient (Wildman–Crippen LogP) is 3.80. The van der Waals surface area contributed by atoms with Gasteiger partial charge in [0.2, 0.25) is 0 Å². The molecular weight excluding hydrogens is 244 g/mol. The van der Waals surface area contributed by atoms with Crippen LogP contribution in [-0.2, 0) is 13.1 Å². The summed E-state index contributed by atoms with van der Waals surface area (Å²) < 4.78 is 4.70. The minimum Gasteiger partial charge on any atom is -0.223 e. The fourth-order valence-electron chi connectivity index (χ4n) is 2.83. The number of imidazole rings is 1. The first kappa shape index (κ1) is 12.7. The van der Waals surface area contributed by atoms with Crippen LogP contribution >= 0.6 is 0 Å². The third-order valence-corrected chi connectivity index (χ3v) is 3.63. The summed E-state index contributed by atoms with van der Waals surface area (Å²) in [6, 6.07) is 19.1. The van der Waals surface area contributed by atoms with Gasteiger partial charge in [-0.1, -0.05) is 43.0 Å². The molecule has 3 aromatic rings. The molecule has 1 heterocycles. The van der Waals surface area contributed by atoms with Gasteiger partial charge in [-0.25, -0.2) is 9.13 Å². The summed E-state index contributed by atoms with van der Waals surface area (Å²) in [5.41, 5.74) is 3.77. The average molecular weight is 263 g/mol. The largest absolute Gasteiger partial charge is 0.290 e. The van der Waals surface area contributed by atoms with E-state index in [4.69, 9.17) is 0 Å². The number of hydrogen-bond donors (Lipinski definition) is 0. The summed E-state index contributed by atoms with van der Waals surface area (Å²) in [6.45, 7) is 7.86. The molecule has 3 rings (SSSR count). The fraction of sp³-hybridized carbons (Fsp3) is 0.167. The number of hydrogen-bond acceptors (Lipinski definition) is 0. The SMILES string of the molecule is C=CC[n+]1c(-c2ccccc2)n(CC)c2ccccc21. The molecule has 2 aromatic carbocycles. The van der Waals surface area contributed by atoms with Crippen LogP contribution in [-0.4, -0.2) is 4.57 Å². The van der Waals surface area contributed by atoms with Gasteiger partial charge in [0.05, 0.1) is 12.1 Å². The number of benzene rings is 2. The van der Waals surface area contributed by atoms with Crippen LogP contribution < -0.4 is 4.57 Å². The lowest BCUT2D eigenvalue weighted by molar-refractivity contribution is -0.650. The Labute approximate surface area is 119 Å². The summed E-state index contributed by atoms with van der Waals surface area (Å²) in [5.74, 6) is 1.24. The van der Waals surface area contributed by atoms with Gasteiger partial charge in [0.25, 0.3) is 5.82 Å². The van der Waals surface area contributed by atoms with Crippen molar-refractivity contribution in [2.45, 2.75) is 20.0 Å². The molecule has 0 saturated carbocycles. The quantitative estimate of drug-likeness (QED) is 0.500. The highest BCUT2D eigenvalue weighted by Crippen LogP contribution is 2.23. The molecule has 2 nitrogen and oxygen atoms in total. The monoisotopic (exact) mass is 263 g/mol. The zero-order valence-electron chi connectivity index (χ0n) is 11.8. The van der Waals surface area contributed by atoms with Gasteiger partial charge in [-0.2, -0.15) is 0 Å². The van der Waals surface area contributed by atoms with E-state index in [9.17, 15) is 0 Å². The number of allylic oxidation sites excluding steroid dienone is 1. The second-order valence-corrected chi connectivity index (χ2v) is 4.82. The third kappa shape index (κ3) is 1.94. The van der Waals surface area contributed by atoms with E-state index in [-0.39, 0.29) is 0 Å². The lowest BCUT2D eigenvalue weighted by Crippen LogP contribution is -2.34. The second-order valence-electron chi connectivity index (χ2n) is 4.82. The molecule has 1 aromatic heterocycles. The van der Waals surface area contributed by atoms with Crippen molar-refractivity contribution in [3.8, 4) is 11.4 Å². The Morgan fingerprint density at radius 2 is 1.75 bits per heavy atom. The summed E-state index contributed by atoms with van der Waals surface area (Å²) in [6.07, 6.45) is 1.96. The van der Waals surface area contributed by atoms with Crippen molar-refractivity contribution in [2.75, 3.05) is 0 Å². The maximum Gasteiger partial charge on any atom is 0.290 e. The van der Waals surface area contributed by atoms with Crippen LogP contribution in [0.2, 0.25) is 0 Å². The molecule has 0 atom stereocenters. The van der Waals surface area contributed by atoms with E-state index < -0.39 is 0 Å². The second kappa shape index (κ2) is 5.33. The van der Waals surface area contributed by atoms with Crippen LogP contribution in [0.4, 0.5) is 0 Å². The highest BCUT2D eigenvalue weighted by Gasteiger charge is 2.24. The number of rotatable bonds is 4. The lowest BCUT2D eigenvalue weighted by atomic mass is 10.2. The Morgan fingerprint density at radius 1 is 1.05 bits per heavy atom. The van der Waals surface area contributed by atoms with Gasteiger partial charge in [0.1, 0.15) is 6.54 Å². The number of aromatic nitrogens is 2. The van der Waals surface area contributed by atoms with Crippen LogP contribution in [0.15, 0.2) is 67.3 Å². The molecule has 0 N–H and O–H groups in total. The zero-order chi connectivity index (χ0) is 13.9. The topological polar surface area (TPSA) is 8.81 Å². The molecule has 2 heteroatoms. The Balaban J connectivity index is 2.39. The van der Waals surface area contributed by atoms with Gasteiger partial charge in [0.15, 0.2) is 11.0 Å². The molecule has 0 aliphatic rings. The standard InChI is InChI=1S/C18H19N2/c1-3-14-20-17-13-9-8-12-16(17)19(4-2)18(20)15-10-6-5-7-11-15/h3,5-13H,1,4,14H2,2H3/q+1. The first-order chi connectivity index (χ1) is 9.86. The maximum absolute atomic E-state index is 3.90. The summed E-state index contributed by atoms with van der Waals surface area (Å²) >= 11 is 0. The molecule has 0 bridgehead atoms. The molecule has 100 valence electrons. The highest BCUT2D eigenvalue weighted by molar-refractivity contribution is 5.76. The number of fused-ring (bicyclic) bond motifs is 1. The molecule has 0 spiro atoms. The van der Waals surface area contributed by atoms with E-state index in [1.54, 1.807) is 0 Å². The van der Waals surface area contributed by atoms with Crippen molar-refractivity contribution >= 4 is 11.0 Å². The van der Waals surface area contributed by atoms with E-state index in [2.05, 4.69) is 77.2 Å². The predicted molar refractivity (Wildman–Crippen MR) is 83.4 cm³/mol. The third-order valence-electron chi connectivity index (χ3n) is 3.63. The van der Waals surface area contributed by atoms with E-state index in [0.717, 1.165) is 13.1 Å². The average Bonchev–Trinajstić information content (AvgIpc) is 2.82. The van der Waals surface area contributed by atoms with E-state index in [0.29, 0.717) is 0 Å². The molecular formula is C18H19N2+. The van der Waals surface area contributed by atoms with Crippen molar-refractivity contribution in [1.82, 2.24) is 4.57 Å². The Bertz CT molecular complexity index is 739. The fourth-order valence-corrected chi connectivity index (χ4v) is 2.83. The number of nitrogens with zero attached hydrogens (tertiary/aromatic N) is 2. The molecule has 0 aliphatic heterocycles. The zero-order valence-corrected chi connectivity index (χ0v) is 11.8. The van der Waals surface area contributed by atoms with E-state index in [1.165, 1.54) is 22.4 Å². The highest BCUT2D eigenvalue weighted by atomic mass is 15.2. The van der Waals surface area contributed by atoms with Gasteiger partial charge in [-0.05, 0) is 31.2 Å². The van der Waals surface area contributed by atoms with Crippen LogP contribution in [0.1, 0.15) is 6.92 Å². The first-order valence-electron chi connectivity index (χ1n) is 7.04. The normalized spacial score (nSPS) is 10.8. The van der Waals surface area contributed by atoms with Crippen molar-refractivity contribution in [2.24, 2.45) is 0 Å².